The van der Waals surface area contributed by atoms with Crippen LogP contribution < -0.4 is 5.48 Å². The molecule has 2 aromatic rings. The van der Waals surface area contributed by atoms with Gasteiger partial charge in [0, 0.05) is 18.0 Å². The summed E-state index contributed by atoms with van der Waals surface area (Å²) in [4.78, 5) is 11.7. The van der Waals surface area contributed by atoms with E-state index in [-0.39, 0.29) is 14.9 Å². The number of rotatable bonds is 3. The van der Waals surface area contributed by atoms with Crippen LogP contribution >= 0.6 is 23.6 Å². The van der Waals surface area contributed by atoms with E-state index >= 15 is 0 Å². The van der Waals surface area contributed by atoms with Crippen molar-refractivity contribution in [2.24, 2.45) is 0 Å². The SMILES string of the molecule is CONC(=S)c1sc(-c2cccnc2)nc1C(F)(F)F. The lowest BCUT2D eigenvalue weighted by molar-refractivity contribution is -0.140. The topological polar surface area (TPSA) is 47.0 Å². The second kappa shape index (κ2) is 5.81. The van der Waals surface area contributed by atoms with Crippen molar-refractivity contribution in [2.75, 3.05) is 7.11 Å². The van der Waals surface area contributed by atoms with E-state index in [1.807, 2.05) is 0 Å². The third-order valence-electron chi connectivity index (χ3n) is 2.21. The van der Waals surface area contributed by atoms with Crippen molar-refractivity contribution in [3.63, 3.8) is 0 Å². The predicted molar refractivity (Wildman–Crippen MR) is 72.2 cm³/mol. The molecule has 0 saturated carbocycles. The highest BCUT2D eigenvalue weighted by Crippen LogP contribution is 2.37. The number of pyridine rings is 1. The summed E-state index contributed by atoms with van der Waals surface area (Å²) in [7, 11) is 1.27. The molecule has 9 heteroatoms. The summed E-state index contributed by atoms with van der Waals surface area (Å²) in [6.45, 7) is 0. The third-order valence-corrected chi connectivity index (χ3v) is 3.74. The van der Waals surface area contributed by atoms with Gasteiger partial charge >= 0.3 is 6.18 Å². The first kappa shape index (κ1) is 14.8. The first-order valence-corrected chi connectivity index (χ1v) is 6.47. The molecular formula is C11H8F3N3OS2. The van der Waals surface area contributed by atoms with Crippen molar-refractivity contribution < 1.29 is 18.0 Å². The monoisotopic (exact) mass is 319 g/mol. The van der Waals surface area contributed by atoms with Crippen molar-refractivity contribution in [1.82, 2.24) is 15.4 Å². The minimum atomic E-state index is -4.59. The van der Waals surface area contributed by atoms with Crippen molar-refractivity contribution in [3.05, 3.63) is 35.1 Å². The number of hydroxylamine groups is 1. The van der Waals surface area contributed by atoms with Crippen LogP contribution in [0.4, 0.5) is 13.2 Å². The molecule has 2 aromatic heterocycles. The van der Waals surface area contributed by atoms with Gasteiger partial charge in [0.15, 0.2) is 5.69 Å². The average molecular weight is 319 g/mol. The Morgan fingerprint density at radius 1 is 1.45 bits per heavy atom. The van der Waals surface area contributed by atoms with Crippen LogP contribution in [-0.2, 0) is 11.0 Å². The van der Waals surface area contributed by atoms with E-state index in [0.29, 0.717) is 5.56 Å². The van der Waals surface area contributed by atoms with Crippen LogP contribution in [0.15, 0.2) is 24.5 Å². The molecule has 20 heavy (non-hydrogen) atoms. The van der Waals surface area contributed by atoms with Gasteiger partial charge in [-0.1, -0.05) is 12.2 Å². The molecule has 0 amide bonds. The highest BCUT2D eigenvalue weighted by Gasteiger charge is 2.38. The van der Waals surface area contributed by atoms with Crippen molar-refractivity contribution >= 4 is 28.5 Å². The smallest absolute Gasteiger partial charge is 0.279 e. The number of aromatic nitrogens is 2. The van der Waals surface area contributed by atoms with E-state index in [0.717, 1.165) is 11.3 Å². The fourth-order valence-corrected chi connectivity index (χ4v) is 2.68. The number of alkyl halides is 3. The van der Waals surface area contributed by atoms with Gasteiger partial charge in [-0.05, 0) is 12.1 Å². The highest BCUT2D eigenvalue weighted by molar-refractivity contribution is 7.81. The van der Waals surface area contributed by atoms with E-state index in [1.165, 1.54) is 19.5 Å². The lowest BCUT2D eigenvalue weighted by atomic mass is 10.3. The predicted octanol–water partition coefficient (Wildman–Crippen LogP) is 3.05. The quantitative estimate of drug-likeness (QED) is 0.696. The van der Waals surface area contributed by atoms with E-state index in [9.17, 15) is 13.2 Å². The van der Waals surface area contributed by atoms with Crippen LogP contribution in [0.1, 0.15) is 10.6 Å². The van der Waals surface area contributed by atoms with Crippen LogP contribution in [0.5, 0.6) is 0 Å². The van der Waals surface area contributed by atoms with Gasteiger partial charge in [-0.3, -0.25) is 15.3 Å². The molecule has 4 nitrogen and oxygen atoms in total. The number of halogens is 3. The van der Waals surface area contributed by atoms with E-state index in [2.05, 4.69) is 20.3 Å². The molecule has 0 fully saturated rings. The summed E-state index contributed by atoms with van der Waals surface area (Å²) in [6, 6.07) is 3.25. The molecule has 0 saturated heterocycles. The van der Waals surface area contributed by atoms with Gasteiger partial charge in [0.05, 0.1) is 12.0 Å². The Morgan fingerprint density at radius 2 is 2.20 bits per heavy atom. The molecule has 1 N–H and O–H groups in total. The Labute approximate surface area is 121 Å². The second-order valence-electron chi connectivity index (χ2n) is 3.57. The minimum absolute atomic E-state index is 0.160. The average Bonchev–Trinajstić information content (AvgIpc) is 2.85. The van der Waals surface area contributed by atoms with E-state index < -0.39 is 11.9 Å². The molecule has 0 aliphatic rings. The molecule has 0 spiro atoms. The van der Waals surface area contributed by atoms with E-state index in [1.54, 1.807) is 12.1 Å². The van der Waals surface area contributed by atoms with Crippen LogP contribution in [-0.4, -0.2) is 22.1 Å². The zero-order valence-electron chi connectivity index (χ0n) is 10.1. The third kappa shape index (κ3) is 3.11. The van der Waals surface area contributed by atoms with Gasteiger partial charge in [0.25, 0.3) is 0 Å². The van der Waals surface area contributed by atoms with Crippen LogP contribution in [0, 0.1) is 0 Å². The molecule has 0 radical (unpaired) electrons. The zero-order chi connectivity index (χ0) is 14.8. The molecule has 0 bridgehead atoms. The lowest BCUT2D eigenvalue weighted by Crippen LogP contribution is -2.23. The standard InChI is InChI=1S/C11H8F3N3OS2/c1-18-17-9(19)7-8(11(12,13)14)16-10(20-7)6-3-2-4-15-5-6/h2-5H,1H3,(H,17,19). The highest BCUT2D eigenvalue weighted by atomic mass is 32.1. The summed E-state index contributed by atoms with van der Waals surface area (Å²) in [6.07, 6.45) is -1.62. The van der Waals surface area contributed by atoms with Gasteiger partial charge in [-0.15, -0.1) is 11.3 Å². The fourth-order valence-electron chi connectivity index (χ4n) is 1.42. The second-order valence-corrected chi connectivity index (χ2v) is 4.98. The van der Waals surface area contributed by atoms with Crippen molar-refractivity contribution in [2.45, 2.75) is 6.18 Å². The first-order chi connectivity index (χ1) is 9.43. The maximum absolute atomic E-state index is 13.0. The lowest BCUT2D eigenvalue weighted by Gasteiger charge is -2.07. The maximum atomic E-state index is 13.0. The molecule has 2 heterocycles. The molecule has 0 aromatic carbocycles. The van der Waals surface area contributed by atoms with Gasteiger partial charge in [0.2, 0.25) is 0 Å². The Kier molecular flexibility index (Phi) is 4.31. The maximum Gasteiger partial charge on any atom is 0.434 e. The molecule has 106 valence electrons. The van der Waals surface area contributed by atoms with Crippen LogP contribution in [0.3, 0.4) is 0 Å². The molecule has 2 rings (SSSR count). The first-order valence-electron chi connectivity index (χ1n) is 5.25. The van der Waals surface area contributed by atoms with Gasteiger partial charge in [0.1, 0.15) is 10.00 Å². The Balaban J connectivity index is 2.50. The van der Waals surface area contributed by atoms with Gasteiger partial charge < -0.3 is 0 Å². The Bertz CT molecular complexity index is 613. The van der Waals surface area contributed by atoms with Crippen molar-refractivity contribution in [3.8, 4) is 10.6 Å². The molecule has 0 atom stereocenters. The Morgan fingerprint density at radius 3 is 2.75 bits per heavy atom. The summed E-state index contributed by atoms with van der Waals surface area (Å²) in [5.74, 6) is 0. The van der Waals surface area contributed by atoms with Crippen LogP contribution in [0.2, 0.25) is 0 Å². The van der Waals surface area contributed by atoms with E-state index in [4.69, 9.17) is 12.2 Å². The molecule has 0 aliphatic heterocycles. The summed E-state index contributed by atoms with van der Waals surface area (Å²) in [5, 5.41) is 0.195. The number of thiocarbonyl (C=S) groups is 1. The summed E-state index contributed by atoms with van der Waals surface area (Å²) < 4.78 is 38.9. The number of hydrogen-bond acceptors (Lipinski definition) is 5. The molecule has 0 aliphatic carbocycles. The number of nitrogens with one attached hydrogen (secondary N) is 1. The minimum Gasteiger partial charge on any atom is -0.279 e. The summed E-state index contributed by atoms with van der Waals surface area (Å²) >= 11 is 5.69. The largest absolute Gasteiger partial charge is 0.434 e. The van der Waals surface area contributed by atoms with Crippen molar-refractivity contribution in [1.29, 1.82) is 0 Å². The van der Waals surface area contributed by atoms with Gasteiger partial charge in [-0.2, -0.15) is 13.2 Å². The van der Waals surface area contributed by atoms with Gasteiger partial charge in [-0.25, -0.2) is 4.98 Å². The fraction of sp³-hybridized carbons (Fsp3) is 0.182. The summed E-state index contributed by atoms with van der Waals surface area (Å²) in [5.41, 5.74) is 1.69. The molecule has 0 unspecified atom stereocenters. The normalized spacial score (nSPS) is 11.4. The zero-order valence-corrected chi connectivity index (χ0v) is 11.7. The molecular weight excluding hydrogens is 311 g/mol. The van der Waals surface area contributed by atoms with Crippen LogP contribution in [0.25, 0.3) is 10.6 Å². The number of hydrogen-bond donors (Lipinski definition) is 1. The Hall–Kier alpha value is -1.58. The number of thiazole rings is 1. The number of nitrogens with zero attached hydrogens (tertiary/aromatic N) is 2.